The molecule has 3 nitrogen and oxygen atoms in total. The van der Waals surface area contributed by atoms with E-state index in [0.717, 1.165) is 31.1 Å². The molecule has 1 fully saturated rings. The van der Waals surface area contributed by atoms with Gasteiger partial charge in [0.2, 0.25) is 5.91 Å². The molecule has 2 aromatic rings. The number of thioether (sulfide) groups is 1. The average molecular weight is 340 g/mol. The van der Waals surface area contributed by atoms with Gasteiger partial charge in [0, 0.05) is 37.1 Å². The van der Waals surface area contributed by atoms with Crippen LogP contribution in [0.5, 0.6) is 0 Å². The lowest BCUT2D eigenvalue weighted by Gasteiger charge is -2.40. The second kappa shape index (κ2) is 8.36. The topological polar surface area (TPSA) is 23.6 Å². The predicted molar refractivity (Wildman–Crippen MR) is 100 cm³/mol. The molecule has 24 heavy (non-hydrogen) atoms. The first kappa shape index (κ1) is 17.1. The SMILES string of the molecule is C[C@@H]1CN(Cc2ccccc2)CCN1C(=O)CSc1ccccc1. The van der Waals surface area contributed by atoms with E-state index < -0.39 is 0 Å². The Bertz CT molecular complexity index is 647. The lowest BCUT2D eigenvalue weighted by atomic mass is 10.1. The highest BCUT2D eigenvalue weighted by molar-refractivity contribution is 8.00. The molecule has 0 bridgehead atoms. The summed E-state index contributed by atoms with van der Waals surface area (Å²) in [5, 5.41) is 0. The van der Waals surface area contributed by atoms with E-state index in [1.807, 2.05) is 29.2 Å². The van der Waals surface area contributed by atoms with Crippen molar-refractivity contribution < 1.29 is 4.79 Å². The van der Waals surface area contributed by atoms with Crippen LogP contribution in [0.1, 0.15) is 12.5 Å². The van der Waals surface area contributed by atoms with Crippen molar-refractivity contribution >= 4 is 17.7 Å². The number of hydrogen-bond donors (Lipinski definition) is 0. The van der Waals surface area contributed by atoms with Gasteiger partial charge in [0.05, 0.1) is 5.75 Å². The maximum atomic E-state index is 12.5. The van der Waals surface area contributed by atoms with Crippen LogP contribution in [0.2, 0.25) is 0 Å². The van der Waals surface area contributed by atoms with Crippen molar-refractivity contribution in [1.82, 2.24) is 9.80 Å². The van der Waals surface area contributed by atoms with E-state index in [9.17, 15) is 4.79 Å². The highest BCUT2D eigenvalue weighted by Crippen LogP contribution is 2.19. The molecular formula is C20H24N2OS. The van der Waals surface area contributed by atoms with Gasteiger partial charge in [-0.15, -0.1) is 11.8 Å². The Hall–Kier alpha value is -1.78. The number of nitrogens with zero attached hydrogens (tertiary/aromatic N) is 2. The minimum absolute atomic E-state index is 0.246. The molecule has 0 radical (unpaired) electrons. The van der Waals surface area contributed by atoms with E-state index >= 15 is 0 Å². The molecule has 0 spiro atoms. The molecule has 2 aromatic carbocycles. The van der Waals surface area contributed by atoms with Gasteiger partial charge in [-0.25, -0.2) is 0 Å². The summed E-state index contributed by atoms with van der Waals surface area (Å²) in [6.45, 7) is 5.83. The number of carbonyl (C=O) groups excluding carboxylic acids is 1. The first-order valence-electron chi connectivity index (χ1n) is 8.46. The van der Waals surface area contributed by atoms with Gasteiger partial charge in [-0.2, -0.15) is 0 Å². The van der Waals surface area contributed by atoms with Gasteiger partial charge >= 0.3 is 0 Å². The van der Waals surface area contributed by atoms with Crippen LogP contribution in [0.25, 0.3) is 0 Å². The number of carbonyl (C=O) groups is 1. The van der Waals surface area contributed by atoms with Crippen molar-refractivity contribution in [2.45, 2.75) is 24.4 Å². The zero-order valence-corrected chi connectivity index (χ0v) is 14.9. The van der Waals surface area contributed by atoms with Crippen LogP contribution in [0.15, 0.2) is 65.6 Å². The van der Waals surface area contributed by atoms with Gasteiger partial charge < -0.3 is 4.90 Å². The summed E-state index contributed by atoms with van der Waals surface area (Å²) in [7, 11) is 0. The summed E-state index contributed by atoms with van der Waals surface area (Å²) in [4.78, 5) is 18.2. The highest BCUT2D eigenvalue weighted by Gasteiger charge is 2.27. The number of piperazine rings is 1. The normalized spacial score (nSPS) is 18.5. The summed E-state index contributed by atoms with van der Waals surface area (Å²) in [5.41, 5.74) is 1.34. The van der Waals surface area contributed by atoms with E-state index in [-0.39, 0.29) is 11.9 Å². The van der Waals surface area contributed by atoms with Crippen LogP contribution in [0.4, 0.5) is 0 Å². The lowest BCUT2D eigenvalue weighted by Crippen LogP contribution is -2.54. The van der Waals surface area contributed by atoms with Crippen LogP contribution in [-0.2, 0) is 11.3 Å². The van der Waals surface area contributed by atoms with Crippen LogP contribution in [0, 0.1) is 0 Å². The number of amides is 1. The Kier molecular flexibility index (Phi) is 5.94. The summed E-state index contributed by atoms with van der Waals surface area (Å²) >= 11 is 1.62. The summed E-state index contributed by atoms with van der Waals surface area (Å²) in [6.07, 6.45) is 0. The smallest absolute Gasteiger partial charge is 0.233 e. The van der Waals surface area contributed by atoms with Crippen molar-refractivity contribution in [2.24, 2.45) is 0 Å². The zero-order chi connectivity index (χ0) is 16.8. The Morgan fingerprint density at radius 1 is 1.04 bits per heavy atom. The molecule has 4 heteroatoms. The minimum Gasteiger partial charge on any atom is -0.337 e. The van der Waals surface area contributed by atoms with Crippen LogP contribution in [-0.4, -0.2) is 47.1 Å². The Morgan fingerprint density at radius 2 is 1.71 bits per heavy atom. The fourth-order valence-electron chi connectivity index (χ4n) is 3.13. The fourth-order valence-corrected chi connectivity index (χ4v) is 3.94. The third-order valence-corrected chi connectivity index (χ3v) is 5.38. The van der Waals surface area contributed by atoms with Gasteiger partial charge in [0.25, 0.3) is 0 Å². The first-order chi connectivity index (χ1) is 11.7. The Labute approximate surface area is 148 Å². The van der Waals surface area contributed by atoms with E-state index in [4.69, 9.17) is 0 Å². The van der Waals surface area contributed by atoms with Crippen molar-refractivity contribution in [2.75, 3.05) is 25.4 Å². The molecular weight excluding hydrogens is 316 g/mol. The lowest BCUT2D eigenvalue weighted by molar-refractivity contribution is -0.132. The largest absolute Gasteiger partial charge is 0.337 e. The molecule has 126 valence electrons. The number of rotatable bonds is 5. The zero-order valence-electron chi connectivity index (χ0n) is 14.1. The molecule has 0 aromatic heterocycles. The molecule has 1 aliphatic heterocycles. The van der Waals surface area contributed by atoms with Crippen molar-refractivity contribution in [3.8, 4) is 0 Å². The van der Waals surface area contributed by atoms with Crippen LogP contribution in [0.3, 0.4) is 0 Å². The van der Waals surface area contributed by atoms with E-state index in [2.05, 4.69) is 48.2 Å². The summed E-state index contributed by atoms with van der Waals surface area (Å²) in [6, 6.07) is 20.9. The van der Waals surface area contributed by atoms with Crippen molar-refractivity contribution in [1.29, 1.82) is 0 Å². The molecule has 1 aliphatic rings. The molecule has 0 N–H and O–H groups in total. The minimum atomic E-state index is 0.246. The second-order valence-corrected chi connectivity index (χ2v) is 7.31. The molecule has 1 heterocycles. The number of benzene rings is 2. The third kappa shape index (κ3) is 4.62. The quantitative estimate of drug-likeness (QED) is 0.778. The van der Waals surface area contributed by atoms with Gasteiger partial charge in [-0.05, 0) is 24.6 Å². The maximum absolute atomic E-state index is 12.5. The molecule has 0 saturated carbocycles. The Morgan fingerprint density at radius 3 is 2.38 bits per heavy atom. The Balaban J connectivity index is 1.49. The van der Waals surface area contributed by atoms with E-state index in [1.165, 1.54) is 5.56 Å². The number of hydrogen-bond acceptors (Lipinski definition) is 3. The van der Waals surface area contributed by atoms with Gasteiger partial charge in [0.1, 0.15) is 0 Å². The average Bonchev–Trinajstić information content (AvgIpc) is 2.61. The maximum Gasteiger partial charge on any atom is 0.233 e. The van der Waals surface area contributed by atoms with Crippen LogP contribution >= 0.6 is 11.8 Å². The molecule has 0 aliphatic carbocycles. The molecule has 1 saturated heterocycles. The van der Waals surface area contributed by atoms with Gasteiger partial charge in [0.15, 0.2) is 0 Å². The third-order valence-electron chi connectivity index (χ3n) is 4.39. The molecule has 1 atom stereocenters. The van der Waals surface area contributed by atoms with Gasteiger partial charge in [-0.3, -0.25) is 9.69 Å². The fraction of sp³-hybridized carbons (Fsp3) is 0.350. The summed E-state index contributed by atoms with van der Waals surface area (Å²) < 4.78 is 0. The van der Waals surface area contributed by atoms with Crippen molar-refractivity contribution in [3.63, 3.8) is 0 Å². The predicted octanol–water partition coefficient (Wildman–Crippen LogP) is 3.51. The van der Waals surface area contributed by atoms with Crippen molar-refractivity contribution in [3.05, 3.63) is 66.2 Å². The molecule has 3 rings (SSSR count). The second-order valence-electron chi connectivity index (χ2n) is 6.26. The van der Waals surface area contributed by atoms with E-state index in [1.54, 1.807) is 11.8 Å². The first-order valence-corrected chi connectivity index (χ1v) is 9.44. The van der Waals surface area contributed by atoms with E-state index in [0.29, 0.717) is 5.75 Å². The highest BCUT2D eigenvalue weighted by atomic mass is 32.2. The molecule has 0 unspecified atom stereocenters. The summed E-state index contributed by atoms with van der Waals surface area (Å²) in [5.74, 6) is 0.767. The van der Waals surface area contributed by atoms with Crippen LogP contribution < -0.4 is 0 Å². The monoisotopic (exact) mass is 340 g/mol. The molecule has 1 amide bonds. The van der Waals surface area contributed by atoms with Gasteiger partial charge in [-0.1, -0.05) is 48.5 Å². The standard InChI is InChI=1S/C20H24N2OS/c1-17-14-21(15-18-8-4-2-5-9-18)12-13-22(17)20(23)16-24-19-10-6-3-7-11-19/h2-11,17H,12-16H2,1H3/t17-/m1/s1.